The normalized spacial score (nSPS) is 16.5. The molecule has 1 unspecified atom stereocenters. The van der Waals surface area contributed by atoms with Gasteiger partial charge in [-0.25, -0.2) is 0 Å². The number of nitrogens with zero attached hydrogens (tertiary/aromatic N) is 1. The third kappa shape index (κ3) is 4.63. The highest BCUT2D eigenvalue weighted by Crippen LogP contribution is 2.31. The van der Waals surface area contributed by atoms with E-state index in [-0.39, 0.29) is 30.0 Å². The molecule has 0 saturated carbocycles. The lowest BCUT2D eigenvalue weighted by Crippen LogP contribution is -2.37. The largest absolute Gasteiger partial charge is 0.493 e. The number of hydrogen-bond donors (Lipinski definition) is 2. The first-order chi connectivity index (χ1) is 11.2. The Hall–Kier alpha value is -1.76. The summed E-state index contributed by atoms with van der Waals surface area (Å²) in [6, 6.07) is 16.6. The Morgan fingerprint density at radius 3 is 2.79 bits per heavy atom. The highest BCUT2D eigenvalue weighted by Gasteiger charge is 2.21. The lowest BCUT2D eigenvalue weighted by molar-refractivity contribution is 0.262. The van der Waals surface area contributed by atoms with Crippen LogP contribution < -0.4 is 15.8 Å². The van der Waals surface area contributed by atoms with Crippen LogP contribution in [0.1, 0.15) is 29.2 Å². The van der Waals surface area contributed by atoms with Crippen LogP contribution in [0.25, 0.3) is 0 Å². The number of para-hydroxylation sites is 1. The third-order valence-electron chi connectivity index (χ3n) is 4.21. The summed E-state index contributed by atoms with van der Waals surface area (Å²) in [5.74, 6) is 1.43. The Morgan fingerprint density at radius 2 is 1.96 bits per heavy atom. The van der Waals surface area contributed by atoms with Crippen molar-refractivity contribution in [2.75, 3.05) is 13.2 Å². The summed E-state index contributed by atoms with van der Waals surface area (Å²) in [4.78, 5) is 4.47. The second kappa shape index (κ2) is 8.92. The van der Waals surface area contributed by atoms with Gasteiger partial charge in [-0.1, -0.05) is 42.5 Å². The summed E-state index contributed by atoms with van der Waals surface area (Å²) in [5, 5.41) is 3.32. The minimum atomic E-state index is 0. The summed E-state index contributed by atoms with van der Waals surface area (Å²) >= 11 is 0. The number of rotatable bonds is 4. The fraction of sp³-hybridized carbons (Fsp3) is 0.316. The van der Waals surface area contributed by atoms with Gasteiger partial charge in [0.25, 0.3) is 0 Å². The molecule has 2 aromatic carbocycles. The standard InChI is InChI=1S/C19H23N3O.HI/c1-14-6-2-3-7-15(14)10-12-21-19(20)22-17-11-13-23-18-9-5-4-8-16(17)18;/h2-9,17H,10-13H2,1H3,(H3,20,21,22);1H. The number of guanidine groups is 1. The topological polar surface area (TPSA) is 59.6 Å². The molecule has 0 radical (unpaired) electrons. The van der Waals surface area contributed by atoms with Crippen molar-refractivity contribution in [1.82, 2.24) is 5.32 Å². The summed E-state index contributed by atoms with van der Waals surface area (Å²) < 4.78 is 5.67. The number of aliphatic imine (C=N–C) groups is 1. The first-order valence-corrected chi connectivity index (χ1v) is 8.07. The van der Waals surface area contributed by atoms with Crippen molar-refractivity contribution < 1.29 is 4.74 Å². The maximum absolute atomic E-state index is 6.06. The van der Waals surface area contributed by atoms with Gasteiger partial charge in [0.05, 0.1) is 12.6 Å². The average molecular weight is 437 g/mol. The number of benzene rings is 2. The second-order valence-electron chi connectivity index (χ2n) is 5.82. The molecule has 3 rings (SSSR count). The van der Waals surface area contributed by atoms with E-state index in [2.05, 4.69) is 47.6 Å². The smallest absolute Gasteiger partial charge is 0.189 e. The molecule has 1 heterocycles. The van der Waals surface area contributed by atoms with Gasteiger partial charge in [-0.2, -0.15) is 0 Å². The molecule has 24 heavy (non-hydrogen) atoms. The quantitative estimate of drug-likeness (QED) is 0.437. The van der Waals surface area contributed by atoms with Crippen molar-refractivity contribution in [3.63, 3.8) is 0 Å². The van der Waals surface area contributed by atoms with Crippen LogP contribution in [-0.2, 0) is 6.42 Å². The van der Waals surface area contributed by atoms with Gasteiger partial charge in [-0.15, -0.1) is 24.0 Å². The molecule has 0 saturated heterocycles. The molecule has 128 valence electrons. The van der Waals surface area contributed by atoms with Crippen molar-refractivity contribution in [3.8, 4) is 5.75 Å². The van der Waals surface area contributed by atoms with Crippen molar-refractivity contribution in [3.05, 3.63) is 65.2 Å². The van der Waals surface area contributed by atoms with Crippen LogP contribution in [0, 0.1) is 6.92 Å². The van der Waals surface area contributed by atoms with Gasteiger partial charge in [0.1, 0.15) is 5.75 Å². The highest BCUT2D eigenvalue weighted by atomic mass is 127. The zero-order valence-electron chi connectivity index (χ0n) is 13.9. The molecule has 0 aliphatic carbocycles. The van der Waals surface area contributed by atoms with E-state index < -0.39 is 0 Å². The van der Waals surface area contributed by atoms with E-state index in [0.29, 0.717) is 19.1 Å². The number of hydrogen-bond acceptors (Lipinski definition) is 2. The second-order valence-corrected chi connectivity index (χ2v) is 5.82. The van der Waals surface area contributed by atoms with Crippen molar-refractivity contribution in [2.45, 2.75) is 25.8 Å². The van der Waals surface area contributed by atoms with Gasteiger partial charge in [-0.05, 0) is 30.5 Å². The van der Waals surface area contributed by atoms with E-state index >= 15 is 0 Å². The average Bonchev–Trinajstić information content (AvgIpc) is 2.57. The van der Waals surface area contributed by atoms with E-state index in [1.54, 1.807) is 0 Å². The summed E-state index contributed by atoms with van der Waals surface area (Å²) in [6.07, 6.45) is 1.80. The molecular formula is C19H24IN3O. The number of nitrogens with one attached hydrogen (secondary N) is 1. The molecule has 0 spiro atoms. The molecule has 5 heteroatoms. The van der Waals surface area contributed by atoms with Crippen LogP contribution in [0.5, 0.6) is 5.75 Å². The van der Waals surface area contributed by atoms with Gasteiger partial charge in [0, 0.05) is 18.5 Å². The van der Waals surface area contributed by atoms with E-state index in [9.17, 15) is 0 Å². The molecule has 0 amide bonds. The fourth-order valence-corrected chi connectivity index (χ4v) is 2.90. The van der Waals surface area contributed by atoms with Crippen LogP contribution in [0.3, 0.4) is 0 Å². The molecule has 0 aromatic heterocycles. The van der Waals surface area contributed by atoms with E-state index in [1.165, 1.54) is 11.1 Å². The Kier molecular flexibility index (Phi) is 6.90. The molecule has 1 atom stereocenters. The van der Waals surface area contributed by atoms with Gasteiger partial charge in [0.2, 0.25) is 0 Å². The first-order valence-electron chi connectivity index (χ1n) is 8.07. The lowest BCUT2D eigenvalue weighted by atomic mass is 10.0. The van der Waals surface area contributed by atoms with Gasteiger partial charge < -0.3 is 15.8 Å². The Morgan fingerprint density at radius 1 is 1.21 bits per heavy atom. The zero-order chi connectivity index (χ0) is 16.1. The molecule has 3 N–H and O–H groups in total. The maximum Gasteiger partial charge on any atom is 0.189 e. The van der Waals surface area contributed by atoms with Crippen LogP contribution in [0.4, 0.5) is 0 Å². The molecule has 1 aliphatic rings. The predicted molar refractivity (Wildman–Crippen MR) is 109 cm³/mol. The summed E-state index contributed by atoms with van der Waals surface area (Å²) in [5.41, 5.74) is 9.83. The SMILES string of the molecule is Cc1ccccc1CCN=C(N)NC1CCOc2ccccc21.I. The molecular weight excluding hydrogens is 413 g/mol. The minimum Gasteiger partial charge on any atom is -0.493 e. The Bertz CT molecular complexity index is 703. The number of fused-ring (bicyclic) bond motifs is 1. The van der Waals surface area contributed by atoms with Crippen LogP contribution >= 0.6 is 24.0 Å². The third-order valence-corrected chi connectivity index (χ3v) is 4.21. The highest BCUT2D eigenvalue weighted by molar-refractivity contribution is 14.0. The van der Waals surface area contributed by atoms with Crippen LogP contribution in [0.15, 0.2) is 53.5 Å². The Labute approximate surface area is 160 Å². The van der Waals surface area contributed by atoms with Crippen LogP contribution in [-0.4, -0.2) is 19.1 Å². The van der Waals surface area contributed by atoms with Crippen molar-refractivity contribution in [1.29, 1.82) is 0 Å². The number of nitrogens with two attached hydrogens (primary N) is 1. The van der Waals surface area contributed by atoms with Crippen LogP contribution in [0.2, 0.25) is 0 Å². The fourth-order valence-electron chi connectivity index (χ4n) is 2.90. The number of halogens is 1. The minimum absolute atomic E-state index is 0. The monoisotopic (exact) mass is 437 g/mol. The van der Waals surface area contributed by atoms with E-state index in [1.807, 2.05) is 18.2 Å². The zero-order valence-corrected chi connectivity index (χ0v) is 16.2. The van der Waals surface area contributed by atoms with Gasteiger partial charge in [-0.3, -0.25) is 4.99 Å². The summed E-state index contributed by atoms with van der Waals surface area (Å²) in [7, 11) is 0. The molecule has 0 fully saturated rings. The Balaban J connectivity index is 0.00000208. The van der Waals surface area contributed by atoms with Crippen molar-refractivity contribution in [2.24, 2.45) is 10.7 Å². The van der Waals surface area contributed by atoms with E-state index in [0.717, 1.165) is 24.2 Å². The molecule has 0 bridgehead atoms. The molecule has 4 nitrogen and oxygen atoms in total. The van der Waals surface area contributed by atoms with Gasteiger partial charge >= 0.3 is 0 Å². The van der Waals surface area contributed by atoms with Crippen molar-refractivity contribution >= 4 is 29.9 Å². The molecule has 2 aromatic rings. The van der Waals surface area contributed by atoms with E-state index in [4.69, 9.17) is 10.5 Å². The van der Waals surface area contributed by atoms with Gasteiger partial charge in [0.15, 0.2) is 5.96 Å². The first kappa shape index (κ1) is 18.6. The predicted octanol–water partition coefficient (Wildman–Crippen LogP) is 3.58. The number of ether oxygens (including phenoxy) is 1. The maximum atomic E-state index is 6.06. The summed E-state index contributed by atoms with van der Waals surface area (Å²) in [6.45, 7) is 3.51. The number of aryl methyl sites for hydroxylation is 1. The lowest BCUT2D eigenvalue weighted by Gasteiger charge is -2.26. The molecule has 1 aliphatic heterocycles.